The molecule has 0 atom stereocenters. The van der Waals surface area contributed by atoms with E-state index in [2.05, 4.69) is 114 Å². The number of fused-ring (bicyclic) bond motifs is 6. The molecule has 0 N–H and O–H groups in total. The lowest BCUT2D eigenvalue weighted by atomic mass is 9.43. The van der Waals surface area contributed by atoms with Crippen molar-refractivity contribution in [1.82, 2.24) is 4.57 Å². The third-order valence-electron chi connectivity index (χ3n) is 11.6. The molecule has 1 aromatic heterocycles. The minimum absolute atomic E-state index is 0.127. The molecule has 5 aliphatic carbocycles. The van der Waals surface area contributed by atoms with Crippen LogP contribution in [0.3, 0.4) is 0 Å². The zero-order valence-corrected chi connectivity index (χ0v) is 24.3. The summed E-state index contributed by atoms with van der Waals surface area (Å²) in [5.74, 6) is 3.34. The van der Waals surface area contributed by atoms with E-state index in [1.54, 1.807) is 5.56 Å². The van der Waals surface area contributed by atoms with Crippen LogP contribution in [0.15, 0.2) is 109 Å². The van der Waals surface area contributed by atoms with Crippen molar-refractivity contribution in [3.05, 3.63) is 125 Å². The first-order valence-corrected chi connectivity index (χ1v) is 16.1. The van der Waals surface area contributed by atoms with E-state index in [0.29, 0.717) is 0 Å². The summed E-state index contributed by atoms with van der Waals surface area (Å²) in [5, 5.41) is 3.49. The molecule has 6 aromatic rings. The van der Waals surface area contributed by atoms with Gasteiger partial charge in [0, 0.05) is 26.9 Å². The lowest BCUT2D eigenvalue weighted by Gasteiger charge is -2.61. The number of nitrogens with zero attached hydrogens (tertiary/aromatic N) is 1. The Hall–Kier alpha value is -3.81. The molecule has 1 heterocycles. The Labute approximate surface area is 251 Å². The van der Waals surface area contributed by atoms with Gasteiger partial charge in [0.2, 0.25) is 0 Å². The minimum Gasteiger partial charge on any atom is -0.309 e. The number of hydrogen-bond acceptors (Lipinski definition) is 0. The van der Waals surface area contributed by atoms with Gasteiger partial charge in [0.25, 0.3) is 0 Å². The molecule has 0 unspecified atom stereocenters. The highest BCUT2D eigenvalue weighted by Crippen LogP contribution is 2.69. The predicted molar refractivity (Wildman–Crippen MR) is 174 cm³/mol. The number of benzene rings is 5. The van der Waals surface area contributed by atoms with Crippen LogP contribution < -0.4 is 0 Å². The van der Waals surface area contributed by atoms with Gasteiger partial charge in [-0.2, -0.15) is 0 Å². The van der Waals surface area contributed by atoms with Crippen LogP contribution in [0.25, 0.3) is 49.7 Å². The molecule has 204 valence electrons. The highest BCUT2D eigenvalue weighted by Gasteiger charge is 2.61. The van der Waals surface area contributed by atoms with E-state index in [-0.39, 0.29) is 5.41 Å². The normalized spacial score (nSPS) is 26.8. The third kappa shape index (κ3) is 3.00. The van der Waals surface area contributed by atoms with Crippen LogP contribution in [0.2, 0.25) is 5.02 Å². The molecule has 4 fully saturated rings. The number of halogens is 1. The summed E-state index contributed by atoms with van der Waals surface area (Å²) < 4.78 is 2.40. The van der Waals surface area contributed by atoms with Crippen LogP contribution in [-0.2, 0) is 5.41 Å². The van der Waals surface area contributed by atoms with Crippen molar-refractivity contribution in [1.29, 1.82) is 0 Å². The van der Waals surface area contributed by atoms with Crippen molar-refractivity contribution in [3.8, 4) is 27.9 Å². The van der Waals surface area contributed by atoms with Gasteiger partial charge in [0.05, 0.1) is 11.0 Å². The van der Waals surface area contributed by atoms with Crippen LogP contribution in [0.1, 0.15) is 43.2 Å². The standard InChI is InChI=1S/C40H32ClN/c41-30-12-16-33-32-15-11-27(22-36(32)40(37(33)23-30)28-18-24-17-25(20-28)21-29(40)19-24)26-9-13-31(14-10-26)42-38-7-3-1-5-34(38)35-6-2-4-8-39(35)42/h1-16,22-25,28-29H,17-21H2. The summed E-state index contributed by atoms with van der Waals surface area (Å²) in [7, 11) is 0. The maximum absolute atomic E-state index is 6.72. The van der Waals surface area contributed by atoms with E-state index in [0.717, 1.165) is 28.7 Å². The first kappa shape index (κ1) is 23.7. The second kappa shape index (κ2) is 8.39. The maximum atomic E-state index is 6.72. The lowest BCUT2D eigenvalue weighted by Crippen LogP contribution is -2.55. The molecular weight excluding hydrogens is 530 g/mol. The lowest BCUT2D eigenvalue weighted by molar-refractivity contribution is -0.0399. The Morgan fingerprint density at radius 2 is 1.10 bits per heavy atom. The van der Waals surface area contributed by atoms with Gasteiger partial charge in [-0.15, -0.1) is 0 Å². The maximum Gasteiger partial charge on any atom is 0.0541 e. The zero-order chi connectivity index (χ0) is 27.6. The van der Waals surface area contributed by atoms with E-state index in [4.69, 9.17) is 11.6 Å². The summed E-state index contributed by atoms with van der Waals surface area (Å²) in [4.78, 5) is 0. The fraction of sp³-hybridized carbons (Fsp3) is 0.250. The summed E-state index contributed by atoms with van der Waals surface area (Å²) in [6, 6.07) is 40.8. The molecule has 1 nitrogen and oxygen atoms in total. The van der Waals surface area contributed by atoms with Crippen LogP contribution in [0, 0.1) is 23.7 Å². The number of para-hydroxylation sites is 2. The van der Waals surface area contributed by atoms with Gasteiger partial charge < -0.3 is 4.57 Å². The van der Waals surface area contributed by atoms with Crippen molar-refractivity contribution >= 4 is 33.4 Å². The molecule has 0 amide bonds. The molecule has 42 heavy (non-hydrogen) atoms. The highest BCUT2D eigenvalue weighted by atomic mass is 35.5. The third-order valence-corrected chi connectivity index (χ3v) is 11.9. The molecular formula is C40H32ClN. The summed E-state index contributed by atoms with van der Waals surface area (Å²) in [6.07, 6.45) is 7.01. The van der Waals surface area contributed by atoms with Gasteiger partial charge in [0.1, 0.15) is 0 Å². The SMILES string of the molecule is Clc1ccc2c(c1)C1(c3cc(-c4ccc(-n5c6ccccc6c6ccccc65)cc4)ccc3-2)C2CC3CC(C2)CC1C3. The summed E-state index contributed by atoms with van der Waals surface area (Å²) in [5.41, 5.74) is 12.4. The fourth-order valence-electron chi connectivity index (χ4n) is 10.4. The first-order valence-electron chi connectivity index (χ1n) is 15.7. The Bertz CT molecular complexity index is 1980. The van der Waals surface area contributed by atoms with Gasteiger partial charge >= 0.3 is 0 Å². The minimum atomic E-state index is 0.127. The van der Waals surface area contributed by atoms with Crippen molar-refractivity contribution in [2.45, 2.75) is 37.5 Å². The van der Waals surface area contributed by atoms with Crippen molar-refractivity contribution in [3.63, 3.8) is 0 Å². The molecule has 4 saturated carbocycles. The van der Waals surface area contributed by atoms with Gasteiger partial charge in [0.15, 0.2) is 0 Å². The fourth-order valence-corrected chi connectivity index (χ4v) is 10.5. The van der Waals surface area contributed by atoms with Gasteiger partial charge in [-0.25, -0.2) is 0 Å². The monoisotopic (exact) mass is 561 g/mol. The van der Waals surface area contributed by atoms with Crippen molar-refractivity contribution in [2.75, 3.05) is 0 Å². The average molecular weight is 562 g/mol. The predicted octanol–water partition coefficient (Wildman–Crippen LogP) is 10.8. The van der Waals surface area contributed by atoms with E-state index in [1.165, 1.54) is 87.4 Å². The van der Waals surface area contributed by atoms with Crippen molar-refractivity contribution in [2.24, 2.45) is 23.7 Å². The van der Waals surface area contributed by atoms with E-state index in [1.807, 2.05) is 0 Å². The van der Waals surface area contributed by atoms with Crippen LogP contribution in [0.5, 0.6) is 0 Å². The van der Waals surface area contributed by atoms with Gasteiger partial charge in [-0.1, -0.05) is 78.3 Å². The molecule has 5 aliphatic rings. The Morgan fingerprint density at radius 3 is 1.74 bits per heavy atom. The summed E-state index contributed by atoms with van der Waals surface area (Å²) in [6.45, 7) is 0. The Morgan fingerprint density at radius 1 is 0.548 bits per heavy atom. The van der Waals surface area contributed by atoms with Crippen LogP contribution in [0.4, 0.5) is 0 Å². The molecule has 0 saturated heterocycles. The van der Waals surface area contributed by atoms with E-state index in [9.17, 15) is 0 Å². The van der Waals surface area contributed by atoms with E-state index >= 15 is 0 Å². The number of aromatic nitrogens is 1. The molecule has 4 bridgehead atoms. The number of hydrogen-bond donors (Lipinski definition) is 0. The topological polar surface area (TPSA) is 4.93 Å². The second-order valence-corrected chi connectivity index (χ2v) is 14.0. The van der Waals surface area contributed by atoms with Crippen LogP contribution in [-0.4, -0.2) is 4.57 Å². The molecule has 1 spiro atoms. The molecule has 5 aromatic carbocycles. The van der Waals surface area contributed by atoms with Crippen molar-refractivity contribution < 1.29 is 0 Å². The molecule has 0 aliphatic heterocycles. The highest BCUT2D eigenvalue weighted by molar-refractivity contribution is 6.30. The summed E-state index contributed by atoms with van der Waals surface area (Å²) >= 11 is 6.72. The Balaban J connectivity index is 1.12. The average Bonchev–Trinajstić information content (AvgIpc) is 3.50. The quantitative estimate of drug-likeness (QED) is 0.198. The largest absolute Gasteiger partial charge is 0.309 e. The Kier molecular flexibility index (Phi) is 4.74. The van der Waals surface area contributed by atoms with Gasteiger partial charge in [-0.3, -0.25) is 0 Å². The van der Waals surface area contributed by atoms with E-state index < -0.39 is 0 Å². The van der Waals surface area contributed by atoms with Gasteiger partial charge in [-0.05, 0) is 132 Å². The zero-order valence-electron chi connectivity index (χ0n) is 23.6. The molecule has 2 heteroatoms. The first-order chi connectivity index (χ1) is 20.7. The molecule has 11 rings (SSSR count). The molecule has 0 radical (unpaired) electrons. The smallest absolute Gasteiger partial charge is 0.0541 e. The van der Waals surface area contributed by atoms with Crippen LogP contribution >= 0.6 is 11.6 Å². The number of rotatable bonds is 2. The second-order valence-electron chi connectivity index (χ2n) is 13.5.